The highest BCUT2D eigenvalue weighted by Crippen LogP contribution is 2.12. The fourth-order valence-electron chi connectivity index (χ4n) is 2.20. The van der Waals surface area contributed by atoms with E-state index in [0.717, 1.165) is 5.56 Å². The van der Waals surface area contributed by atoms with Gasteiger partial charge in [0.25, 0.3) is 0 Å². The van der Waals surface area contributed by atoms with Crippen LogP contribution in [-0.4, -0.2) is 39.6 Å². The van der Waals surface area contributed by atoms with E-state index in [1.807, 2.05) is 40.6 Å². The van der Waals surface area contributed by atoms with Gasteiger partial charge in [0, 0.05) is 24.7 Å². The minimum Gasteiger partial charge on any atom is -0.389 e. The van der Waals surface area contributed by atoms with Gasteiger partial charge in [0.1, 0.15) is 0 Å². The number of hydrogen-bond donors (Lipinski definition) is 2. The second kappa shape index (κ2) is 7.49. The van der Waals surface area contributed by atoms with Crippen LogP contribution in [0.15, 0.2) is 41.9 Å². The number of benzene rings is 1. The molecule has 0 radical (unpaired) electrons. The Morgan fingerprint density at radius 3 is 2.68 bits per heavy atom. The second-order valence-corrected chi connectivity index (χ2v) is 6.72. The SMILES string of the molecule is CC(C)(O)CN(CC(=O)Nc1nccs1)Cc1ccccc1. The molecule has 1 aromatic heterocycles. The summed E-state index contributed by atoms with van der Waals surface area (Å²) >= 11 is 1.38. The van der Waals surface area contributed by atoms with E-state index < -0.39 is 5.60 Å². The van der Waals surface area contributed by atoms with Crippen LogP contribution in [0.25, 0.3) is 0 Å². The van der Waals surface area contributed by atoms with Crippen LogP contribution in [0.5, 0.6) is 0 Å². The van der Waals surface area contributed by atoms with E-state index in [9.17, 15) is 9.90 Å². The molecule has 6 heteroatoms. The van der Waals surface area contributed by atoms with E-state index in [2.05, 4.69) is 10.3 Å². The van der Waals surface area contributed by atoms with Crippen LogP contribution in [0.3, 0.4) is 0 Å². The number of amides is 1. The lowest BCUT2D eigenvalue weighted by atomic mass is 10.1. The lowest BCUT2D eigenvalue weighted by Gasteiger charge is -2.28. The Balaban J connectivity index is 1.99. The molecule has 5 nitrogen and oxygen atoms in total. The van der Waals surface area contributed by atoms with Gasteiger partial charge >= 0.3 is 0 Å². The van der Waals surface area contributed by atoms with Crippen molar-refractivity contribution in [1.82, 2.24) is 9.88 Å². The molecule has 2 rings (SSSR count). The second-order valence-electron chi connectivity index (χ2n) is 5.83. The molecule has 1 aromatic carbocycles. The van der Waals surface area contributed by atoms with Crippen molar-refractivity contribution in [3.63, 3.8) is 0 Å². The molecule has 0 saturated heterocycles. The Hall–Kier alpha value is -1.76. The van der Waals surface area contributed by atoms with Gasteiger partial charge in [-0.2, -0.15) is 0 Å². The molecule has 0 aliphatic heterocycles. The maximum atomic E-state index is 12.1. The first-order valence-corrected chi connectivity index (χ1v) is 7.98. The molecule has 118 valence electrons. The standard InChI is InChI=1S/C16H21N3O2S/c1-16(2,21)12-19(10-13-6-4-3-5-7-13)11-14(20)18-15-17-8-9-22-15/h3-9,21H,10-12H2,1-2H3,(H,17,18,20). The fourth-order valence-corrected chi connectivity index (χ4v) is 2.75. The molecule has 1 heterocycles. The molecule has 22 heavy (non-hydrogen) atoms. The van der Waals surface area contributed by atoms with Gasteiger partial charge < -0.3 is 10.4 Å². The summed E-state index contributed by atoms with van der Waals surface area (Å²) in [5, 5.41) is 15.2. The normalized spacial score (nSPS) is 11.6. The maximum absolute atomic E-state index is 12.1. The average Bonchev–Trinajstić information content (AvgIpc) is 2.90. The summed E-state index contributed by atoms with van der Waals surface area (Å²) in [5.74, 6) is -0.130. The highest BCUT2D eigenvalue weighted by Gasteiger charge is 2.20. The molecule has 0 saturated carbocycles. The summed E-state index contributed by atoms with van der Waals surface area (Å²) in [7, 11) is 0. The molecule has 2 N–H and O–H groups in total. The van der Waals surface area contributed by atoms with E-state index in [4.69, 9.17) is 0 Å². The first-order chi connectivity index (χ1) is 10.4. The molecule has 0 bridgehead atoms. The Morgan fingerprint density at radius 1 is 1.36 bits per heavy atom. The number of carbonyl (C=O) groups excluding carboxylic acids is 1. The minimum absolute atomic E-state index is 0.130. The van der Waals surface area contributed by atoms with Gasteiger partial charge in [-0.15, -0.1) is 11.3 Å². The van der Waals surface area contributed by atoms with Crippen LogP contribution < -0.4 is 5.32 Å². The van der Waals surface area contributed by atoms with E-state index in [-0.39, 0.29) is 12.5 Å². The summed E-state index contributed by atoms with van der Waals surface area (Å²) in [5.41, 5.74) is 0.241. The van der Waals surface area contributed by atoms with Crippen molar-refractivity contribution in [3.05, 3.63) is 47.5 Å². The summed E-state index contributed by atoms with van der Waals surface area (Å²) in [6.07, 6.45) is 1.65. The van der Waals surface area contributed by atoms with Gasteiger partial charge in [-0.05, 0) is 19.4 Å². The first kappa shape index (κ1) is 16.6. The quantitative estimate of drug-likeness (QED) is 0.822. The third-order valence-electron chi connectivity index (χ3n) is 2.91. The number of carbonyl (C=O) groups is 1. The number of anilines is 1. The Morgan fingerprint density at radius 2 is 2.09 bits per heavy atom. The first-order valence-electron chi connectivity index (χ1n) is 7.10. The smallest absolute Gasteiger partial charge is 0.240 e. The maximum Gasteiger partial charge on any atom is 0.240 e. The molecule has 0 spiro atoms. The van der Waals surface area contributed by atoms with Crippen LogP contribution >= 0.6 is 11.3 Å². The number of nitrogens with one attached hydrogen (secondary N) is 1. The number of nitrogens with zero attached hydrogens (tertiary/aromatic N) is 2. The van der Waals surface area contributed by atoms with Gasteiger partial charge in [-0.25, -0.2) is 4.98 Å². The molecule has 0 fully saturated rings. The summed E-state index contributed by atoms with van der Waals surface area (Å²) < 4.78 is 0. The van der Waals surface area contributed by atoms with Crippen molar-refractivity contribution in [1.29, 1.82) is 0 Å². The van der Waals surface area contributed by atoms with Gasteiger partial charge in [0.2, 0.25) is 5.91 Å². The Labute approximate surface area is 134 Å². The van der Waals surface area contributed by atoms with Gasteiger partial charge in [-0.1, -0.05) is 30.3 Å². The third kappa shape index (κ3) is 5.93. The van der Waals surface area contributed by atoms with Crippen LogP contribution in [0.2, 0.25) is 0 Å². The molecule has 0 aliphatic rings. The molecule has 0 unspecified atom stereocenters. The lowest BCUT2D eigenvalue weighted by molar-refractivity contribution is -0.118. The van der Waals surface area contributed by atoms with Crippen molar-refractivity contribution in [2.24, 2.45) is 0 Å². The highest BCUT2D eigenvalue weighted by molar-refractivity contribution is 7.13. The summed E-state index contributed by atoms with van der Waals surface area (Å²) in [4.78, 5) is 18.1. The molecule has 0 atom stereocenters. The molecule has 2 aromatic rings. The Bertz CT molecular complexity index is 579. The van der Waals surface area contributed by atoms with Crippen LogP contribution in [0.1, 0.15) is 19.4 Å². The van der Waals surface area contributed by atoms with Crippen molar-refractivity contribution >= 4 is 22.4 Å². The topological polar surface area (TPSA) is 65.5 Å². The fraction of sp³-hybridized carbons (Fsp3) is 0.375. The van der Waals surface area contributed by atoms with E-state index in [1.165, 1.54) is 11.3 Å². The summed E-state index contributed by atoms with van der Waals surface area (Å²) in [6, 6.07) is 9.91. The minimum atomic E-state index is -0.865. The number of hydrogen-bond acceptors (Lipinski definition) is 5. The zero-order valence-electron chi connectivity index (χ0n) is 12.8. The summed E-state index contributed by atoms with van der Waals surface area (Å²) in [6.45, 7) is 4.70. The van der Waals surface area contributed by atoms with E-state index >= 15 is 0 Å². The van der Waals surface area contributed by atoms with Crippen molar-refractivity contribution in [2.75, 3.05) is 18.4 Å². The van der Waals surface area contributed by atoms with Crippen molar-refractivity contribution in [2.45, 2.75) is 26.0 Å². The van der Waals surface area contributed by atoms with Crippen LogP contribution in [0, 0.1) is 0 Å². The lowest BCUT2D eigenvalue weighted by Crippen LogP contribution is -2.42. The van der Waals surface area contributed by atoms with Gasteiger partial charge in [-0.3, -0.25) is 9.69 Å². The average molecular weight is 319 g/mol. The molecular formula is C16H21N3O2S. The van der Waals surface area contributed by atoms with Crippen LogP contribution in [-0.2, 0) is 11.3 Å². The molecular weight excluding hydrogens is 298 g/mol. The number of aliphatic hydroxyl groups is 1. The zero-order chi connectivity index (χ0) is 16.0. The molecule has 1 amide bonds. The van der Waals surface area contributed by atoms with E-state index in [0.29, 0.717) is 18.2 Å². The van der Waals surface area contributed by atoms with Crippen molar-refractivity contribution < 1.29 is 9.90 Å². The third-order valence-corrected chi connectivity index (χ3v) is 3.59. The van der Waals surface area contributed by atoms with Gasteiger partial charge in [0.05, 0.1) is 12.1 Å². The largest absolute Gasteiger partial charge is 0.389 e. The Kier molecular flexibility index (Phi) is 5.65. The molecule has 0 aliphatic carbocycles. The number of aromatic nitrogens is 1. The van der Waals surface area contributed by atoms with Gasteiger partial charge in [0.15, 0.2) is 5.13 Å². The monoisotopic (exact) mass is 319 g/mol. The number of rotatable bonds is 7. The zero-order valence-corrected chi connectivity index (χ0v) is 13.6. The predicted molar refractivity (Wildman–Crippen MR) is 88.8 cm³/mol. The predicted octanol–water partition coefficient (Wildman–Crippen LogP) is 2.35. The highest BCUT2D eigenvalue weighted by atomic mass is 32.1. The van der Waals surface area contributed by atoms with Crippen molar-refractivity contribution in [3.8, 4) is 0 Å². The van der Waals surface area contributed by atoms with Crippen LogP contribution in [0.4, 0.5) is 5.13 Å². The van der Waals surface area contributed by atoms with E-state index in [1.54, 1.807) is 20.0 Å². The number of thiazole rings is 1.